The Hall–Kier alpha value is -2.66. The number of Topliss-reactive ketones (excluding diaryl/α,β-unsaturated/α-hetero) is 1. The molecule has 1 saturated heterocycles. The summed E-state index contributed by atoms with van der Waals surface area (Å²) in [4.78, 5) is 25.6. The number of phenolic OH excluding ortho intramolecular Hbond substituents is 1. The molecule has 3 rings (SSSR count). The number of aryl methyl sites for hydroxylation is 1. The Balaban J connectivity index is 1.68. The summed E-state index contributed by atoms with van der Waals surface area (Å²) in [6.07, 6.45) is 2.83. The third-order valence-electron chi connectivity index (χ3n) is 5.12. The van der Waals surface area contributed by atoms with Gasteiger partial charge in [-0.2, -0.15) is 0 Å². The molecule has 1 heterocycles. The van der Waals surface area contributed by atoms with E-state index in [1.165, 1.54) is 12.1 Å². The van der Waals surface area contributed by atoms with Gasteiger partial charge in [-0.1, -0.05) is 30.3 Å². The molecule has 2 aromatic rings. The van der Waals surface area contributed by atoms with Gasteiger partial charge in [0.05, 0.1) is 6.04 Å². The van der Waals surface area contributed by atoms with Crippen LogP contribution in [0.5, 0.6) is 5.75 Å². The van der Waals surface area contributed by atoms with E-state index in [9.17, 15) is 14.7 Å². The molecule has 0 aromatic heterocycles. The standard InChI is InChI=1S/C22H26N2O3/c25-19-9-7-18(8-10-19)22(27)24-21(17-12-14-23-15-13-17)20(26)11-6-16-4-2-1-3-5-16/h1-5,7-10,17,21,23,25H,6,11-15H2,(H,24,27). The highest BCUT2D eigenvalue weighted by molar-refractivity contribution is 5.98. The zero-order valence-electron chi connectivity index (χ0n) is 15.4. The van der Waals surface area contributed by atoms with Gasteiger partial charge in [0.1, 0.15) is 5.75 Å². The molecule has 0 aliphatic carbocycles. The van der Waals surface area contributed by atoms with Crippen molar-refractivity contribution in [2.45, 2.75) is 31.7 Å². The van der Waals surface area contributed by atoms with E-state index >= 15 is 0 Å². The topological polar surface area (TPSA) is 78.4 Å². The number of phenols is 1. The van der Waals surface area contributed by atoms with Crippen molar-refractivity contribution in [2.24, 2.45) is 5.92 Å². The second-order valence-corrected chi connectivity index (χ2v) is 7.04. The molecule has 1 aliphatic heterocycles. The average Bonchev–Trinajstić information content (AvgIpc) is 2.72. The second kappa shape index (κ2) is 9.33. The molecule has 0 saturated carbocycles. The molecule has 0 bridgehead atoms. The lowest BCUT2D eigenvalue weighted by Gasteiger charge is -2.30. The minimum Gasteiger partial charge on any atom is -0.508 e. The van der Waals surface area contributed by atoms with Crippen molar-refractivity contribution in [3.63, 3.8) is 0 Å². The third-order valence-corrected chi connectivity index (χ3v) is 5.12. The predicted molar refractivity (Wildman–Crippen MR) is 105 cm³/mol. The fourth-order valence-corrected chi connectivity index (χ4v) is 3.54. The summed E-state index contributed by atoms with van der Waals surface area (Å²) in [5, 5.41) is 15.7. The minimum atomic E-state index is -0.475. The number of amides is 1. The molecule has 1 fully saturated rings. The van der Waals surface area contributed by atoms with Crippen LogP contribution in [0.4, 0.5) is 0 Å². The SMILES string of the molecule is O=C(NC(C(=O)CCc1ccccc1)C1CCNCC1)c1ccc(O)cc1. The number of aromatic hydroxyl groups is 1. The van der Waals surface area contributed by atoms with Crippen molar-refractivity contribution in [3.05, 3.63) is 65.7 Å². The van der Waals surface area contributed by atoms with Crippen LogP contribution in [0.2, 0.25) is 0 Å². The van der Waals surface area contributed by atoms with Crippen LogP contribution in [-0.2, 0) is 11.2 Å². The molecule has 142 valence electrons. The van der Waals surface area contributed by atoms with E-state index in [0.29, 0.717) is 18.4 Å². The number of ketones is 1. The Morgan fingerprint density at radius 3 is 2.37 bits per heavy atom. The highest BCUT2D eigenvalue weighted by Gasteiger charge is 2.30. The first-order valence-electron chi connectivity index (χ1n) is 9.51. The molecule has 2 aromatic carbocycles. The summed E-state index contributed by atoms with van der Waals surface area (Å²) < 4.78 is 0. The van der Waals surface area contributed by atoms with Gasteiger partial charge in [-0.25, -0.2) is 0 Å². The molecule has 0 spiro atoms. The molecular weight excluding hydrogens is 340 g/mol. The monoisotopic (exact) mass is 366 g/mol. The van der Waals surface area contributed by atoms with Crippen LogP contribution in [0.25, 0.3) is 0 Å². The van der Waals surface area contributed by atoms with Gasteiger partial charge < -0.3 is 15.7 Å². The summed E-state index contributed by atoms with van der Waals surface area (Å²) in [6, 6.07) is 15.5. The number of nitrogens with one attached hydrogen (secondary N) is 2. The van der Waals surface area contributed by atoms with Crippen LogP contribution >= 0.6 is 0 Å². The van der Waals surface area contributed by atoms with E-state index < -0.39 is 6.04 Å². The van der Waals surface area contributed by atoms with E-state index in [2.05, 4.69) is 10.6 Å². The van der Waals surface area contributed by atoms with Crippen molar-refractivity contribution in [3.8, 4) is 5.75 Å². The van der Waals surface area contributed by atoms with E-state index in [0.717, 1.165) is 31.5 Å². The Kier molecular flexibility index (Phi) is 6.60. The Morgan fingerprint density at radius 2 is 1.70 bits per heavy atom. The highest BCUT2D eigenvalue weighted by atomic mass is 16.3. The van der Waals surface area contributed by atoms with Gasteiger partial charge >= 0.3 is 0 Å². The molecule has 27 heavy (non-hydrogen) atoms. The number of piperidine rings is 1. The summed E-state index contributed by atoms with van der Waals surface area (Å²) >= 11 is 0. The molecule has 3 N–H and O–H groups in total. The van der Waals surface area contributed by atoms with Gasteiger partial charge in [0.15, 0.2) is 5.78 Å². The van der Waals surface area contributed by atoms with Gasteiger partial charge in [0.2, 0.25) is 0 Å². The van der Waals surface area contributed by atoms with Crippen LogP contribution in [0.1, 0.15) is 35.2 Å². The zero-order valence-corrected chi connectivity index (χ0v) is 15.4. The van der Waals surface area contributed by atoms with Crippen molar-refractivity contribution < 1.29 is 14.7 Å². The Bertz CT molecular complexity index is 753. The lowest BCUT2D eigenvalue weighted by Crippen LogP contribution is -2.49. The van der Waals surface area contributed by atoms with E-state index in [1.807, 2.05) is 30.3 Å². The molecule has 1 atom stereocenters. The molecule has 0 radical (unpaired) electrons. The van der Waals surface area contributed by atoms with Gasteiger partial charge in [-0.05, 0) is 68.1 Å². The molecule has 5 nitrogen and oxygen atoms in total. The first-order chi connectivity index (χ1) is 13.1. The van der Waals surface area contributed by atoms with Gasteiger partial charge in [0.25, 0.3) is 5.91 Å². The lowest BCUT2D eigenvalue weighted by atomic mass is 9.86. The van der Waals surface area contributed by atoms with Gasteiger partial charge in [-0.3, -0.25) is 9.59 Å². The quantitative estimate of drug-likeness (QED) is 0.704. The highest BCUT2D eigenvalue weighted by Crippen LogP contribution is 2.20. The van der Waals surface area contributed by atoms with Crippen LogP contribution in [0.3, 0.4) is 0 Å². The number of carbonyl (C=O) groups is 2. The van der Waals surface area contributed by atoms with Crippen LogP contribution in [-0.4, -0.2) is 35.9 Å². The maximum absolute atomic E-state index is 13.0. The van der Waals surface area contributed by atoms with Crippen molar-refractivity contribution >= 4 is 11.7 Å². The summed E-state index contributed by atoms with van der Waals surface area (Å²) in [6.45, 7) is 1.73. The number of benzene rings is 2. The molecule has 1 unspecified atom stereocenters. The van der Waals surface area contributed by atoms with Crippen molar-refractivity contribution in [1.82, 2.24) is 10.6 Å². The molecule has 5 heteroatoms. The van der Waals surface area contributed by atoms with E-state index in [-0.39, 0.29) is 23.4 Å². The van der Waals surface area contributed by atoms with Gasteiger partial charge in [0, 0.05) is 12.0 Å². The Labute approximate surface area is 159 Å². The first-order valence-corrected chi connectivity index (χ1v) is 9.51. The largest absolute Gasteiger partial charge is 0.508 e. The average molecular weight is 366 g/mol. The van der Waals surface area contributed by atoms with E-state index in [1.54, 1.807) is 12.1 Å². The maximum atomic E-state index is 13.0. The summed E-state index contributed by atoms with van der Waals surface area (Å²) in [5.41, 5.74) is 1.57. The van der Waals surface area contributed by atoms with Crippen molar-refractivity contribution in [1.29, 1.82) is 0 Å². The lowest BCUT2D eigenvalue weighted by molar-refractivity contribution is -0.122. The number of carbonyl (C=O) groups excluding carboxylic acids is 2. The summed E-state index contributed by atoms with van der Waals surface area (Å²) in [7, 11) is 0. The summed E-state index contributed by atoms with van der Waals surface area (Å²) in [5.74, 6) is 0.0699. The van der Waals surface area contributed by atoms with E-state index in [4.69, 9.17) is 0 Å². The zero-order chi connectivity index (χ0) is 19.1. The predicted octanol–water partition coefficient (Wildman–Crippen LogP) is 2.69. The second-order valence-electron chi connectivity index (χ2n) is 7.04. The molecular formula is C22H26N2O3. The normalized spacial score (nSPS) is 15.9. The fraction of sp³-hybridized carbons (Fsp3) is 0.364. The van der Waals surface area contributed by atoms with Crippen LogP contribution in [0, 0.1) is 5.92 Å². The molecule has 1 aliphatic rings. The number of rotatable bonds is 7. The van der Waals surface area contributed by atoms with Crippen LogP contribution < -0.4 is 10.6 Å². The molecule has 1 amide bonds. The number of hydrogen-bond donors (Lipinski definition) is 3. The van der Waals surface area contributed by atoms with Crippen LogP contribution in [0.15, 0.2) is 54.6 Å². The Morgan fingerprint density at radius 1 is 1.04 bits per heavy atom. The first kappa shape index (κ1) is 19.1. The minimum absolute atomic E-state index is 0.0814. The smallest absolute Gasteiger partial charge is 0.251 e. The fourth-order valence-electron chi connectivity index (χ4n) is 3.54. The maximum Gasteiger partial charge on any atom is 0.251 e. The van der Waals surface area contributed by atoms with Gasteiger partial charge in [-0.15, -0.1) is 0 Å². The van der Waals surface area contributed by atoms with Crippen molar-refractivity contribution in [2.75, 3.05) is 13.1 Å². The number of hydrogen-bond acceptors (Lipinski definition) is 4. The third kappa shape index (κ3) is 5.41.